The first-order valence-corrected chi connectivity index (χ1v) is 10.5. The van der Waals surface area contributed by atoms with Crippen molar-refractivity contribution in [1.29, 1.82) is 0 Å². The Kier molecular flexibility index (Phi) is 6.12. The van der Waals surface area contributed by atoms with Crippen molar-refractivity contribution in [3.8, 4) is 0 Å². The fourth-order valence-corrected chi connectivity index (χ4v) is 4.36. The molecule has 3 aromatic carbocycles. The molecule has 0 heterocycles. The Bertz CT molecular complexity index is 1160. The van der Waals surface area contributed by atoms with E-state index in [0.29, 0.717) is 11.4 Å². The van der Waals surface area contributed by atoms with E-state index in [1.54, 1.807) is 31.2 Å². The summed E-state index contributed by atoms with van der Waals surface area (Å²) in [7, 11) is -3.77. The number of amides is 1. The number of hydrogen-bond donors (Lipinski definition) is 1. The summed E-state index contributed by atoms with van der Waals surface area (Å²) in [6.45, 7) is 2.01. The average molecular weight is 425 g/mol. The Morgan fingerprint density at radius 1 is 1.00 bits per heavy atom. The van der Waals surface area contributed by atoms with Crippen molar-refractivity contribution < 1.29 is 18.1 Å². The number of nitrogens with one attached hydrogen (secondary N) is 1. The number of benzene rings is 3. The van der Waals surface area contributed by atoms with Crippen LogP contribution in [0.1, 0.15) is 17.3 Å². The van der Waals surface area contributed by atoms with Gasteiger partial charge >= 0.3 is 0 Å². The number of carbonyl (C=O) groups excluding carboxylic acids is 1. The van der Waals surface area contributed by atoms with Gasteiger partial charge in [-0.15, -0.1) is 0 Å². The molecule has 30 heavy (non-hydrogen) atoms. The van der Waals surface area contributed by atoms with Gasteiger partial charge in [0.15, 0.2) is 0 Å². The van der Waals surface area contributed by atoms with E-state index >= 15 is 0 Å². The van der Waals surface area contributed by atoms with Gasteiger partial charge in [-0.2, -0.15) is 0 Å². The van der Waals surface area contributed by atoms with Gasteiger partial charge in [-0.1, -0.05) is 24.3 Å². The third kappa shape index (κ3) is 4.47. The third-order valence-electron chi connectivity index (χ3n) is 4.35. The van der Waals surface area contributed by atoms with Gasteiger partial charge < -0.3 is 5.32 Å². The molecular weight excluding hydrogens is 406 g/mol. The van der Waals surface area contributed by atoms with Crippen LogP contribution >= 0.6 is 0 Å². The number of rotatable bonds is 7. The predicted molar refractivity (Wildman–Crippen MR) is 114 cm³/mol. The molecule has 0 bridgehead atoms. The second-order valence-corrected chi connectivity index (χ2v) is 8.15. The fourth-order valence-electron chi connectivity index (χ4n) is 2.89. The Labute approximate surface area is 174 Å². The lowest BCUT2D eigenvalue weighted by Gasteiger charge is -2.23. The van der Waals surface area contributed by atoms with Crippen LogP contribution in [0.25, 0.3) is 0 Å². The molecule has 1 amide bonds. The minimum absolute atomic E-state index is 0.0848. The Morgan fingerprint density at radius 3 is 2.27 bits per heavy atom. The van der Waals surface area contributed by atoms with Crippen molar-refractivity contribution in [2.45, 2.75) is 11.8 Å². The predicted octanol–water partition coefficient (Wildman–Crippen LogP) is 4.06. The summed E-state index contributed by atoms with van der Waals surface area (Å²) in [5.74, 6) is -0.534. The molecule has 0 unspecified atom stereocenters. The van der Waals surface area contributed by atoms with Gasteiger partial charge in [0.2, 0.25) is 0 Å². The van der Waals surface area contributed by atoms with Crippen LogP contribution in [0, 0.1) is 10.1 Å². The second-order valence-electron chi connectivity index (χ2n) is 6.29. The highest BCUT2D eigenvalue weighted by molar-refractivity contribution is 7.92. The summed E-state index contributed by atoms with van der Waals surface area (Å²) in [6, 6.07) is 19.9. The SMILES string of the molecule is CCN(c1ccccc1)S(=O)(=O)c1ccc(NC(=O)c2cccc([N+](=O)[O-])c2)cc1. The zero-order chi connectivity index (χ0) is 21.7. The monoisotopic (exact) mass is 425 g/mol. The van der Waals surface area contributed by atoms with Crippen molar-refractivity contribution >= 4 is 33.0 Å². The lowest BCUT2D eigenvalue weighted by atomic mass is 10.2. The first kappa shape index (κ1) is 21.0. The zero-order valence-electron chi connectivity index (χ0n) is 16.1. The first-order chi connectivity index (χ1) is 14.3. The first-order valence-electron chi connectivity index (χ1n) is 9.06. The molecule has 3 rings (SSSR count). The molecule has 0 saturated heterocycles. The molecular formula is C21H19N3O5S. The van der Waals surface area contributed by atoms with Crippen LogP contribution in [0.2, 0.25) is 0 Å². The maximum atomic E-state index is 13.0. The van der Waals surface area contributed by atoms with Crippen molar-refractivity contribution in [3.05, 3.63) is 94.5 Å². The number of nitrogens with zero attached hydrogens (tertiary/aromatic N) is 2. The highest BCUT2D eigenvalue weighted by atomic mass is 32.2. The molecule has 0 radical (unpaired) electrons. The van der Waals surface area contributed by atoms with Crippen molar-refractivity contribution in [2.75, 3.05) is 16.2 Å². The second kappa shape index (κ2) is 8.75. The van der Waals surface area contributed by atoms with Gasteiger partial charge in [-0.25, -0.2) is 8.42 Å². The molecule has 0 fully saturated rings. The van der Waals surface area contributed by atoms with Crippen LogP contribution in [0.5, 0.6) is 0 Å². The molecule has 3 aromatic rings. The van der Waals surface area contributed by atoms with Gasteiger partial charge in [-0.05, 0) is 49.4 Å². The van der Waals surface area contributed by atoms with Gasteiger partial charge in [-0.3, -0.25) is 19.2 Å². The summed E-state index contributed by atoms with van der Waals surface area (Å²) in [5.41, 5.74) is 0.864. The number of hydrogen-bond acceptors (Lipinski definition) is 5. The van der Waals surface area contributed by atoms with Crippen LogP contribution in [0.3, 0.4) is 0 Å². The minimum atomic E-state index is -3.77. The van der Waals surface area contributed by atoms with E-state index in [1.807, 2.05) is 6.07 Å². The fraction of sp³-hybridized carbons (Fsp3) is 0.0952. The van der Waals surface area contributed by atoms with Crippen molar-refractivity contribution in [3.63, 3.8) is 0 Å². The van der Waals surface area contributed by atoms with E-state index < -0.39 is 20.9 Å². The molecule has 154 valence electrons. The molecule has 0 atom stereocenters. The molecule has 0 spiro atoms. The molecule has 0 aliphatic rings. The largest absolute Gasteiger partial charge is 0.322 e. The molecule has 1 N–H and O–H groups in total. The van der Waals surface area contributed by atoms with Crippen molar-refractivity contribution in [1.82, 2.24) is 0 Å². The topological polar surface area (TPSA) is 110 Å². The number of sulfonamides is 1. The van der Waals surface area contributed by atoms with E-state index in [2.05, 4.69) is 5.32 Å². The van der Waals surface area contributed by atoms with Crippen LogP contribution in [-0.4, -0.2) is 25.8 Å². The Hall–Kier alpha value is -3.72. The zero-order valence-corrected chi connectivity index (χ0v) is 16.9. The number of carbonyl (C=O) groups is 1. The van der Waals surface area contributed by atoms with Crippen LogP contribution in [-0.2, 0) is 10.0 Å². The Morgan fingerprint density at radius 2 is 1.67 bits per heavy atom. The van der Waals surface area contributed by atoms with Gasteiger partial charge in [0.25, 0.3) is 21.6 Å². The lowest BCUT2D eigenvalue weighted by Crippen LogP contribution is -2.30. The maximum absolute atomic E-state index is 13.0. The van der Waals surface area contributed by atoms with E-state index in [9.17, 15) is 23.3 Å². The molecule has 0 aromatic heterocycles. The number of non-ortho nitro benzene ring substituents is 1. The number of para-hydroxylation sites is 1. The van der Waals surface area contributed by atoms with Crippen LogP contribution < -0.4 is 9.62 Å². The van der Waals surface area contributed by atoms with Crippen molar-refractivity contribution in [2.24, 2.45) is 0 Å². The van der Waals surface area contributed by atoms with Gasteiger partial charge in [0, 0.05) is 29.9 Å². The number of anilines is 2. The maximum Gasteiger partial charge on any atom is 0.270 e. The summed E-state index contributed by atoms with van der Waals surface area (Å²) < 4.78 is 27.3. The summed E-state index contributed by atoms with van der Waals surface area (Å²) in [6.07, 6.45) is 0. The number of nitro groups is 1. The smallest absolute Gasteiger partial charge is 0.270 e. The Balaban J connectivity index is 1.80. The number of nitro benzene ring substituents is 1. The summed E-state index contributed by atoms with van der Waals surface area (Å²) in [5, 5.41) is 13.5. The molecule has 9 heteroatoms. The van der Waals surface area contributed by atoms with Gasteiger partial charge in [0.05, 0.1) is 15.5 Å². The molecule has 0 saturated carbocycles. The van der Waals surface area contributed by atoms with Gasteiger partial charge in [0.1, 0.15) is 0 Å². The highest BCUT2D eigenvalue weighted by Crippen LogP contribution is 2.24. The van der Waals surface area contributed by atoms with E-state index in [-0.39, 0.29) is 22.7 Å². The quantitative estimate of drug-likeness (QED) is 0.453. The lowest BCUT2D eigenvalue weighted by molar-refractivity contribution is -0.384. The van der Waals surface area contributed by atoms with Crippen LogP contribution in [0.15, 0.2) is 83.8 Å². The highest BCUT2D eigenvalue weighted by Gasteiger charge is 2.23. The molecule has 8 nitrogen and oxygen atoms in total. The normalized spacial score (nSPS) is 11.0. The van der Waals surface area contributed by atoms with E-state index in [0.717, 1.165) is 0 Å². The van der Waals surface area contributed by atoms with E-state index in [4.69, 9.17) is 0 Å². The van der Waals surface area contributed by atoms with Crippen LogP contribution in [0.4, 0.5) is 17.1 Å². The third-order valence-corrected chi connectivity index (χ3v) is 6.27. The summed E-state index contributed by atoms with van der Waals surface area (Å²) in [4.78, 5) is 22.7. The van der Waals surface area contributed by atoms with E-state index in [1.165, 1.54) is 52.8 Å². The minimum Gasteiger partial charge on any atom is -0.322 e. The average Bonchev–Trinajstić information content (AvgIpc) is 2.75. The standard InChI is InChI=1S/C21H19N3O5S/c1-2-23(18-8-4-3-5-9-18)30(28,29)20-13-11-17(12-14-20)22-21(25)16-7-6-10-19(15-16)24(26)27/h3-15H,2H2,1H3,(H,22,25). The summed E-state index contributed by atoms with van der Waals surface area (Å²) >= 11 is 0. The molecule has 0 aliphatic heterocycles. The molecule has 0 aliphatic carbocycles.